The van der Waals surface area contributed by atoms with Gasteiger partial charge in [-0.05, 0) is 24.5 Å². The molecule has 2 aromatic rings. The zero-order valence-electron chi connectivity index (χ0n) is 21.0. The average molecular weight is 530 g/mol. The van der Waals surface area contributed by atoms with Crippen molar-refractivity contribution in [3.63, 3.8) is 0 Å². The van der Waals surface area contributed by atoms with Gasteiger partial charge in [-0.15, -0.1) is 24.8 Å². The van der Waals surface area contributed by atoms with E-state index in [1.807, 2.05) is 37.8 Å². The lowest BCUT2D eigenvalue weighted by Gasteiger charge is -2.38. The Morgan fingerprint density at radius 3 is 2.57 bits per heavy atom. The summed E-state index contributed by atoms with van der Waals surface area (Å²) in [6.45, 7) is 12.3. The highest BCUT2D eigenvalue weighted by Crippen LogP contribution is 2.25. The van der Waals surface area contributed by atoms with Gasteiger partial charge in [0, 0.05) is 37.3 Å². The summed E-state index contributed by atoms with van der Waals surface area (Å²) in [6.07, 6.45) is 3.76. The van der Waals surface area contributed by atoms with E-state index in [0.29, 0.717) is 49.8 Å². The number of carbonyl (C=O) groups is 2. The van der Waals surface area contributed by atoms with Crippen LogP contribution in [0.1, 0.15) is 63.0 Å². The van der Waals surface area contributed by atoms with Crippen molar-refractivity contribution in [2.24, 2.45) is 17.6 Å². The van der Waals surface area contributed by atoms with Crippen molar-refractivity contribution in [2.45, 2.75) is 59.0 Å². The molecule has 1 aliphatic rings. The van der Waals surface area contributed by atoms with Gasteiger partial charge in [-0.1, -0.05) is 34.6 Å². The number of furan rings is 1. The van der Waals surface area contributed by atoms with Gasteiger partial charge in [0.1, 0.15) is 23.0 Å². The molecule has 2 atom stereocenters. The monoisotopic (exact) mass is 528 g/mol. The Kier molecular flexibility index (Phi) is 11.5. The molecule has 11 heteroatoms. The second-order valence-corrected chi connectivity index (χ2v) is 10.1. The summed E-state index contributed by atoms with van der Waals surface area (Å²) in [5.41, 5.74) is 5.69. The first kappa shape index (κ1) is 30.7. The fourth-order valence-corrected chi connectivity index (χ4v) is 3.94. The van der Waals surface area contributed by atoms with Crippen LogP contribution in [0.15, 0.2) is 29.0 Å². The van der Waals surface area contributed by atoms with Crippen molar-refractivity contribution in [3.05, 3.63) is 41.7 Å². The Morgan fingerprint density at radius 1 is 1.29 bits per heavy atom. The zero-order valence-corrected chi connectivity index (χ0v) is 22.7. The SMILES string of the molecule is CC(C)CN(C(=O)c1cnc(C(C)(C)C)nc1NCc1ccco1)[C@H]1CNC[C@@H](C(N)=O)C1.Cl.Cl. The molecule has 0 radical (unpaired) electrons. The minimum Gasteiger partial charge on any atom is -0.467 e. The van der Waals surface area contributed by atoms with Crippen molar-refractivity contribution in [1.29, 1.82) is 0 Å². The Balaban J connectivity index is 0.00000306. The summed E-state index contributed by atoms with van der Waals surface area (Å²) >= 11 is 0. The Hall–Kier alpha value is -2.36. The number of hydrogen-bond donors (Lipinski definition) is 3. The summed E-state index contributed by atoms with van der Waals surface area (Å²) in [5, 5.41) is 6.52. The number of carbonyl (C=O) groups excluding carboxylic acids is 2. The Labute approximate surface area is 219 Å². The highest BCUT2D eigenvalue weighted by molar-refractivity contribution is 5.98. The molecule has 3 rings (SSSR count). The molecule has 1 aliphatic heterocycles. The first-order chi connectivity index (χ1) is 15.6. The summed E-state index contributed by atoms with van der Waals surface area (Å²) < 4.78 is 5.43. The molecule has 0 aromatic carbocycles. The van der Waals surface area contributed by atoms with Gasteiger partial charge in [-0.25, -0.2) is 9.97 Å². The van der Waals surface area contributed by atoms with Gasteiger partial charge >= 0.3 is 0 Å². The van der Waals surface area contributed by atoms with Gasteiger partial charge in [0.25, 0.3) is 5.91 Å². The van der Waals surface area contributed by atoms with Crippen molar-refractivity contribution < 1.29 is 14.0 Å². The number of nitrogens with one attached hydrogen (secondary N) is 2. The summed E-state index contributed by atoms with van der Waals surface area (Å²) in [6, 6.07) is 3.54. The van der Waals surface area contributed by atoms with Crippen molar-refractivity contribution in [3.8, 4) is 0 Å². The maximum atomic E-state index is 13.8. The highest BCUT2D eigenvalue weighted by Gasteiger charge is 2.34. The number of amides is 2. The lowest BCUT2D eigenvalue weighted by molar-refractivity contribution is -0.122. The minimum absolute atomic E-state index is 0. The second kappa shape index (κ2) is 13.1. The average Bonchev–Trinajstić information content (AvgIpc) is 3.28. The molecule has 0 unspecified atom stereocenters. The van der Waals surface area contributed by atoms with Crippen LogP contribution in [0.25, 0.3) is 0 Å². The third-order valence-electron chi connectivity index (χ3n) is 5.69. The number of piperidine rings is 1. The van der Waals surface area contributed by atoms with Gasteiger partial charge in [-0.3, -0.25) is 9.59 Å². The predicted octanol–water partition coefficient (Wildman–Crippen LogP) is 3.38. The molecule has 9 nitrogen and oxygen atoms in total. The van der Waals surface area contributed by atoms with Crippen LogP contribution in [0, 0.1) is 11.8 Å². The van der Waals surface area contributed by atoms with E-state index >= 15 is 0 Å². The van der Waals surface area contributed by atoms with E-state index in [4.69, 9.17) is 15.1 Å². The van der Waals surface area contributed by atoms with Crippen molar-refractivity contribution in [2.75, 3.05) is 25.0 Å². The summed E-state index contributed by atoms with van der Waals surface area (Å²) in [7, 11) is 0. The molecule has 1 fully saturated rings. The van der Waals surface area contributed by atoms with Crippen LogP contribution in [-0.4, -0.2) is 52.4 Å². The molecule has 0 bridgehead atoms. The molecule has 4 N–H and O–H groups in total. The number of nitrogens with zero attached hydrogens (tertiary/aromatic N) is 3. The Morgan fingerprint density at radius 2 is 2.00 bits per heavy atom. The largest absolute Gasteiger partial charge is 0.467 e. The second-order valence-electron chi connectivity index (χ2n) is 10.1. The fourth-order valence-electron chi connectivity index (χ4n) is 3.94. The van der Waals surface area contributed by atoms with Gasteiger partial charge in [0.15, 0.2) is 0 Å². The molecule has 35 heavy (non-hydrogen) atoms. The molecule has 1 saturated heterocycles. The number of primary amides is 1. The fraction of sp³-hybridized carbons (Fsp3) is 0.583. The van der Waals surface area contributed by atoms with Gasteiger partial charge in [-0.2, -0.15) is 0 Å². The molecule has 2 aromatic heterocycles. The van der Waals surface area contributed by atoms with E-state index in [1.54, 1.807) is 12.5 Å². The number of nitrogens with two attached hydrogens (primary N) is 1. The highest BCUT2D eigenvalue weighted by atomic mass is 35.5. The van der Waals surface area contributed by atoms with E-state index in [1.165, 1.54) is 0 Å². The summed E-state index contributed by atoms with van der Waals surface area (Å²) in [4.78, 5) is 36.7. The summed E-state index contributed by atoms with van der Waals surface area (Å²) in [5.74, 6) is 1.29. The molecule has 3 heterocycles. The number of aromatic nitrogens is 2. The van der Waals surface area contributed by atoms with E-state index in [-0.39, 0.29) is 59.9 Å². The number of anilines is 1. The first-order valence-corrected chi connectivity index (χ1v) is 11.5. The van der Waals surface area contributed by atoms with Crippen LogP contribution in [0.2, 0.25) is 0 Å². The van der Waals surface area contributed by atoms with Crippen LogP contribution >= 0.6 is 24.8 Å². The van der Waals surface area contributed by atoms with E-state index in [0.717, 1.165) is 5.76 Å². The molecule has 0 spiro atoms. The van der Waals surface area contributed by atoms with Crippen LogP contribution in [-0.2, 0) is 16.8 Å². The standard InChI is InChI=1S/C24H36N6O3.2ClH/c1-15(2)14-30(17-9-16(20(25)31)10-26-11-17)22(32)19-13-28-23(24(3,4)5)29-21(19)27-12-18-7-6-8-33-18;;/h6-8,13,15-17,26H,9-12,14H2,1-5H3,(H2,25,31)(H,27,28,29);2*1H/t16-,17+;;/m0../s1. The number of hydrogen-bond acceptors (Lipinski definition) is 7. The van der Waals surface area contributed by atoms with Gasteiger partial charge in [0.2, 0.25) is 5.91 Å². The molecular weight excluding hydrogens is 491 g/mol. The maximum absolute atomic E-state index is 13.8. The van der Waals surface area contributed by atoms with E-state index in [2.05, 4.69) is 29.5 Å². The smallest absolute Gasteiger partial charge is 0.259 e. The van der Waals surface area contributed by atoms with Crippen LogP contribution in [0.3, 0.4) is 0 Å². The molecule has 0 aliphatic carbocycles. The lowest BCUT2D eigenvalue weighted by Crippen LogP contribution is -2.54. The van der Waals surface area contributed by atoms with Crippen LogP contribution in [0.4, 0.5) is 5.82 Å². The van der Waals surface area contributed by atoms with E-state index in [9.17, 15) is 9.59 Å². The molecule has 196 valence electrons. The lowest BCUT2D eigenvalue weighted by atomic mass is 9.93. The molecular formula is C24H38Cl2N6O3. The third-order valence-corrected chi connectivity index (χ3v) is 5.69. The van der Waals surface area contributed by atoms with Gasteiger partial charge in [0.05, 0.1) is 18.7 Å². The quantitative estimate of drug-likeness (QED) is 0.479. The third kappa shape index (κ3) is 8.08. The van der Waals surface area contributed by atoms with Gasteiger partial charge < -0.3 is 25.7 Å². The number of rotatable bonds is 8. The topological polar surface area (TPSA) is 126 Å². The molecule has 2 amide bonds. The number of halogens is 2. The first-order valence-electron chi connectivity index (χ1n) is 11.5. The van der Waals surface area contributed by atoms with Crippen LogP contribution in [0.5, 0.6) is 0 Å². The normalized spacial score (nSPS) is 17.8. The maximum Gasteiger partial charge on any atom is 0.259 e. The predicted molar refractivity (Wildman–Crippen MR) is 141 cm³/mol. The zero-order chi connectivity index (χ0) is 24.2. The molecule has 0 saturated carbocycles. The Bertz CT molecular complexity index is 963. The van der Waals surface area contributed by atoms with Crippen molar-refractivity contribution >= 4 is 42.4 Å². The van der Waals surface area contributed by atoms with Crippen molar-refractivity contribution in [1.82, 2.24) is 20.2 Å². The van der Waals surface area contributed by atoms with E-state index < -0.39 is 0 Å². The minimum atomic E-state index is -0.345. The van der Waals surface area contributed by atoms with Crippen LogP contribution < -0.4 is 16.4 Å².